The van der Waals surface area contributed by atoms with E-state index < -0.39 is 0 Å². The van der Waals surface area contributed by atoms with Crippen LogP contribution >= 0.6 is 0 Å². The zero-order valence-electron chi connectivity index (χ0n) is 17.4. The maximum Gasteiger partial charge on any atom is 0.277 e. The first-order valence-electron chi connectivity index (χ1n) is 10.1. The summed E-state index contributed by atoms with van der Waals surface area (Å²) < 4.78 is 0. The summed E-state index contributed by atoms with van der Waals surface area (Å²) in [7, 11) is 1.66. The van der Waals surface area contributed by atoms with Crippen LogP contribution in [0.2, 0.25) is 0 Å². The molecule has 0 spiro atoms. The lowest BCUT2D eigenvalue weighted by molar-refractivity contribution is -0.677. The van der Waals surface area contributed by atoms with Gasteiger partial charge in [0.25, 0.3) is 5.91 Å². The third-order valence-corrected chi connectivity index (χ3v) is 4.99. The number of carbonyl (C=O) groups is 2. The Balaban J connectivity index is 1.58. The fraction of sp³-hybridized carbons (Fsp3) is 0.200. The van der Waals surface area contributed by atoms with Crippen molar-refractivity contribution in [1.82, 2.24) is 4.90 Å². The highest BCUT2D eigenvalue weighted by Crippen LogP contribution is 2.17. The number of hydrogen-bond donors (Lipinski definition) is 2. The molecule has 3 N–H and O–H groups in total. The van der Waals surface area contributed by atoms with Crippen LogP contribution in [0.1, 0.15) is 22.7 Å². The van der Waals surface area contributed by atoms with Crippen LogP contribution in [-0.2, 0) is 9.59 Å². The van der Waals surface area contributed by atoms with E-state index in [1.807, 2.05) is 72.9 Å². The van der Waals surface area contributed by atoms with Crippen LogP contribution in [0.25, 0.3) is 0 Å². The van der Waals surface area contributed by atoms with Crippen molar-refractivity contribution in [2.75, 3.05) is 25.5 Å². The molecule has 3 aromatic carbocycles. The number of likely N-dealkylation sites (N-methyl/N-ethyl adjacent to an activating group) is 1. The topological polar surface area (TPSA) is 66.0 Å². The first-order valence-corrected chi connectivity index (χ1v) is 10.1. The molecule has 30 heavy (non-hydrogen) atoms. The molecule has 0 aliphatic heterocycles. The number of benzene rings is 3. The minimum Gasteiger partial charge on any atom is -0.332 e. The molecule has 5 nitrogen and oxygen atoms in total. The monoisotopic (exact) mass is 402 g/mol. The van der Waals surface area contributed by atoms with Crippen molar-refractivity contribution in [3.8, 4) is 0 Å². The fourth-order valence-corrected chi connectivity index (χ4v) is 3.30. The Kier molecular flexibility index (Phi) is 7.35. The summed E-state index contributed by atoms with van der Waals surface area (Å²) in [6.45, 7) is 2.26. The van der Waals surface area contributed by atoms with Crippen LogP contribution in [0.4, 0.5) is 5.69 Å². The smallest absolute Gasteiger partial charge is 0.277 e. The van der Waals surface area contributed by atoms with Gasteiger partial charge in [-0.15, -0.1) is 0 Å². The molecular formula is C25H28N3O2+. The first-order chi connectivity index (χ1) is 14.5. The molecule has 0 saturated carbocycles. The van der Waals surface area contributed by atoms with Gasteiger partial charge in [0.15, 0.2) is 6.54 Å². The van der Waals surface area contributed by atoms with E-state index in [9.17, 15) is 9.59 Å². The van der Waals surface area contributed by atoms with E-state index in [2.05, 4.69) is 29.6 Å². The van der Waals surface area contributed by atoms with Gasteiger partial charge in [0, 0.05) is 23.9 Å². The lowest BCUT2D eigenvalue weighted by Gasteiger charge is -2.20. The highest BCUT2D eigenvalue weighted by molar-refractivity contribution is 5.94. The van der Waals surface area contributed by atoms with Crippen molar-refractivity contribution < 1.29 is 14.9 Å². The number of nitrogens with zero attached hydrogens (tertiary/aromatic N) is 1. The number of anilines is 1. The van der Waals surface area contributed by atoms with E-state index in [4.69, 9.17) is 0 Å². The summed E-state index contributed by atoms with van der Waals surface area (Å²) >= 11 is 0. The van der Waals surface area contributed by atoms with Crippen LogP contribution in [0.5, 0.6) is 0 Å². The minimum absolute atomic E-state index is 0.0158. The molecular weight excluding hydrogens is 374 g/mol. The number of quaternary nitrogens is 1. The van der Waals surface area contributed by atoms with Crippen LogP contribution in [0.3, 0.4) is 0 Å². The van der Waals surface area contributed by atoms with Gasteiger partial charge in [-0.1, -0.05) is 78.4 Å². The van der Waals surface area contributed by atoms with Crippen molar-refractivity contribution >= 4 is 17.5 Å². The van der Waals surface area contributed by atoms with Gasteiger partial charge in [-0.3, -0.25) is 9.59 Å². The van der Waals surface area contributed by atoms with E-state index in [1.165, 1.54) is 4.90 Å². The van der Waals surface area contributed by atoms with Crippen molar-refractivity contribution in [3.05, 3.63) is 102 Å². The average Bonchev–Trinajstić information content (AvgIpc) is 2.77. The van der Waals surface area contributed by atoms with Crippen molar-refractivity contribution in [2.24, 2.45) is 0 Å². The normalized spacial score (nSPS) is 10.6. The average molecular weight is 403 g/mol. The standard InChI is InChI=1S/C25H27N3O2/c1-19-13-15-22(16-14-19)27-23(29)18-28(2)24(30)17-26-25(20-9-5-3-6-10-20)21-11-7-4-8-12-21/h3-16,25-26H,17-18H2,1-2H3,(H,27,29)/p+1. The van der Waals surface area contributed by atoms with Crippen molar-refractivity contribution in [1.29, 1.82) is 0 Å². The molecule has 0 aliphatic carbocycles. The van der Waals surface area contributed by atoms with Gasteiger partial charge in [-0.2, -0.15) is 0 Å². The van der Waals surface area contributed by atoms with Gasteiger partial charge in [0.1, 0.15) is 6.04 Å². The third-order valence-electron chi connectivity index (χ3n) is 4.99. The SMILES string of the molecule is Cc1ccc(NC(=O)CN(C)C(=O)C[NH2+]C(c2ccccc2)c2ccccc2)cc1. The Bertz CT molecular complexity index is 917. The number of amides is 2. The first kappa shape index (κ1) is 21.3. The Labute approximate surface area is 177 Å². The Morgan fingerprint density at radius 3 is 1.93 bits per heavy atom. The predicted octanol–water partition coefficient (Wildman–Crippen LogP) is 2.74. The number of hydrogen-bond acceptors (Lipinski definition) is 2. The molecule has 2 amide bonds. The quantitative estimate of drug-likeness (QED) is 0.608. The predicted molar refractivity (Wildman–Crippen MR) is 119 cm³/mol. The zero-order chi connectivity index (χ0) is 21.3. The van der Waals surface area contributed by atoms with Gasteiger partial charge in [0.2, 0.25) is 5.91 Å². The maximum absolute atomic E-state index is 12.7. The third kappa shape index (κ3) is 6.03. The summed E-state index contributed by atoms with van der Waals surface area (Å²) in [4.78, 5) is 26.4. The second-order valence-electron chi connectivity index (χ2n) is 7.40. The van der Waals surface area contributed by atoms with Gasteiger partial charge < -0.3 is 15.5 Å². The molecule has 0 atom stereocenters. The summed E-state index contributed by atoms with van der Waals surface area (Å²) in [5, 5.41) is 4.84. The van der Waals surface area contributed by atoms with Crippen molar-refractivity contribution in [3.63, 3.8) is 0 Å². The van der Waals surface area contributed by atoms with Gasteiger partial charge in [-0.05, 0) is 19.1 Å². The number of rotatable bonds is 8. The van der Waals surface area contributed by atoms with E-state index in [1.54, 1.807) is 7.05 Å². The molecule has 0 fully saturated rings. The molecule has 0 bridgehead atoms. The number of carbonyl (C=O) groups excluding carboxylic acids is 2. The summed E-state index contributed by atoms with van der Waals surface area (Å²) in [6, 6.07) is 27.8. The molecule has 0 radical (unpaired) electrons. The van der Waals surface area contributed by atoms with Gasteiger partial charge in [-0.25, -0.2) is 0 Å². The van der Waals surface area contributed by atoms with E-state index in [-0.39, 0.29) is 30.9 Å². The molecule has 0 unspecified atom stereocenters. The molecule has 0 aliphatic rings. The molecule has 5 heteroatoms. The highest BCUT2D eigenvalue weighted by atomic mass is 16.2. The van der Waals surface area contributed by atoms with E-state index >= 15 is 0 Å². The van der Waals surface area contributed by atoms with Gasteiger partial charge in [0.05, 0.1) is 6.54 Å². The lowest BCUT2D eigenvalue weighted by atomic mass is 9.99. The second-order valence-corrected chi connectivity index (χ2v) is 7.40. The lowest BCUT2D eigenvalue weighted by Crippen LogP contribution is -2.87. The minimum atomic E-state index is -0.211. The van der Waals surface area contributed by atoms with Crippen LogP contribution in [0, 0.1) is 6.92 Å². The number of aryl methyl sites for hydroxylation is 1. The maximum atomic E-state index is 12.7. The van der Waals surface area contributed by atoms with Crippen LogP contribution < -0.4 is 10.6 Å². The molecule has 0 aromatic heterocycles. The zero-order valence-corrected chi connectivity index (χ0v) is 17.4. The molecule has 0 heterocycles. The van der Waals surface area contributed by atoms with Crippen LogP contribution in [0.15, 0.2) is 84.9 Å². The largest absolute Gasteiger partial charge is 0.332 e. The molecule has 0 saturated heterocycles. The summed E-state index contributed by atoms with van der Waals surface area (Å²) in [6.07, 6.45) is 0. The van der Waals surface area contributed by atoms with Crippen molar-refractivity contribution in [2.45, 2.75) is 13.0 Å². The van der Waals surface area contributed by atoms with Gasteiger partial charge >= 0.3 is 0 Å². The Morgan fingerprint density at radius 1 is 0.867 bits per heavy atom. The molecule has 154 valence electrons. The van der Waals surface area contributed by atoms with Crippen LogP contribution in [-0.4, -0.2) is 36.9 Å². The highest BCUT2D eigenvalue weighted by Gasteiger charge is 2.21. The van der Waals surface area contributed by atoms with E-state index in [0.29, 0.717) is 0 Å². The molecule has 3 aromatic rings. The van der Waals surface area contributed by atoms with E-state index in [0.717, 1.165) is 22.4 Å². The fourth-order valence-electron chi connectivity index (χ4n) is 3.30. The summed E-state index contributed by atoms with van der Waals surface area (Å²) in [5.74, 6) is -0.303. The number of nitrogens with two attached hydrogens (primary N) is 1. The Hall–Kier alpha value is -3.44. The second kappa shape index (κ2) is 10.4. The molecule has 3 rings (SSSR count). The Morgan fingerprint density at radius 2 is 1.40 bits per heavy atom. The summed E-state index contributed by atoms with van der Waals surface area (Å²) in [5.41, 5.74) is 4.13. The number of nitrogens with one attached hydrogen (secondary N) is 1.